The first-order chi connectivity index (χ1) is 16.1. The second kappa shape index (κ2) is 9.54. The molecule has 172 valence electrons. The van der Waals surface area contributed by atoms with Gasteiger partial charge in [0.15, 0.2) is 0 Å². The lowest BCUT2D eigenvalue weighted by Crippen LogP contribution is -2.52. The zero-order valence-corrected chi connectivity index (χ0v) is 18.9. The topological polar surface area (TPSA) is 88.2 Å². The quantitative estimate of drug-likeness (QED) is 0.515. The van der Waals surface area contributed by atoms with Crippen molar-refractivity contribution in [2.24, 2.45) is 0 Å². The third-order valence-corrected chi connectivity index (χ3v) is 7.17. The van der Waals surface area contributed by atoms with E-state index in [0.29, 0.717) is 30.9 Å². The number of amides is 3. The van der Waals surface area contributed by atoms with Gasteiger partial charge in [-0.15, -0.1) is 0 Å². The molecule has 1 N–H and O–H groups in total. The Morgan fingerprint density at radius 1 is 1.06 bits per heavy atom. The van der Waals surface area contributed by atoms with Gasteiger partial charge in [0.1, 0.15) is 18.4 Å². The van der Waals surface area contributed by atoms with Gasteiger partial charge in [-0.05, 0) is 48.2 Å². The fraction of sp³-hybridized carbons (Fsp3) is 0.375. The summed E-state index contributed by atoms with van der Waals surface area (Å²) in [6, 6.07) is 13.0. The van der Waals surface area contributed by atoms with E-state index in [1.54, 1.807) is 24.1 Å². The summed E-state index contributed by atoms with van der Waals surface area (Å²) < 4.78 is 13.8. The summed E-state index contributed by atoms with van der Waals surface area (Å²) in [5.41, 5.74) is 2.37. The monoisotopic (exact) mass is 467 g/mol. The van der Waals surface area contributed by atoms with Gasteiger partial charge < -0.3 is 14.4 Å². The van der Waals surface area contributed by atoms with E-state index < -0.39 is 11.9 Å². The Morgan fingerprint density at radius 2 is 1.85 bits per heavy atom. The smallest absolute Gasteiger partial charge is 0.255 e. The Labute approximate surface area is 196 Å². The molecule has 3 heterocycles. The normalized spacial score (nSPS) is 21.2. The third-order valence-electron chi connectivity index (χ3n) is 6.06. The van der Waals surface area contributed by atoms with E-state index >= 15 is 0 Å². The van der Waals surface area contributed by atoms with Crippen LogP contribution in [0.15, 0.2) is 47.4 Å². The predicted octanol–water partition coefficient (Wildman–Crippen LogP) is 2.37. The fourth-order valence-corrected chi connectivity index (χ4v) is 5.17. The Bertz CT molecular complexity index is 1070. The van der Waals surface area contributed by atoms with Crippen molar-refractivity contribution in [3.8, 4) is 5.75 Å². The first-order valence-electron chi connectivity index (χ1n) is 11.1. The van der Waals surface area contributed by atoms with E-state index in [1.807, 2.05) is 18.2 Å². The molecule has 3 amide bonds. The zero-order valence-electron chi connectivity index (χ0n) is 18.1. The molecule has 3 aliphatic heterocycles. The number of benzene rings is 2. The van der Waals surface area contributed by atoms with Gasteiger partial charge in [0.05, 0.1) is 19.8 Å². The number of imide groups is 1. The van der Waals surface area contributed by atoms with Gasteiger partial charge in [-0.25, -0.2) is 4.31 Å². The van der Waals surface area contributed by atoms with Crippen LogP contribution < -0.4 is 10.1 Å². The zero-order chi connectivity index (χ0) is 22.8. The predicted molar refractivity (Wildman–Crippen MR) is 122 cm³/mol. The van der Waals surface area contributed by atoms with Gasteiger partial charge in [-0.2, -0.15) is 0 Å². The molecule has 2 aromatic rings. The lowest BCUT2D eigenvalue weighted by atomic mass is 10.0. The molecule has 0 saturated carbocycles. The Morgan fingerprint density at radius 3 is 2.61 bits per heavy atom. The van der Waals surface area contributed by atoms with Crippen LogP contribution in [0.5, 0.6) is 5.75 Å². The van der Waals surface area contributed by atoms with Crippen molar-refractivity contribution < 1.29 is 23.9 Å². The lowest BCUT2D eigenvalue weighted by molar-refractivity contribution is -0.136. The number of nitrogens with zero attached hydrogens (tertiary/aromatic N) is 2. The number of hydrogen-bond donors (Lipinski definition) is 1. The van der Waals surface area contributed by atoms with Crippen molar-refractivity contribution in [1.29, 1.82) is 0 Å². The summed E-state index contributed by atoms with van der Waals surface area (Å²) in [4.78, 5) is 39.4. The van der Waals surface area contributed by atoms with Crippen LogP contribution in [-0.2, 0) is 27.5 Å². The maximum Gasteiger partial charge on any atom is 0.255 e. The summed E-state index contributed by atoms with van der Waals surface area (Å²) in [5.74, 6) is -0.263. The van der Waals surface area contributed by atoms with E-state index in [1.165, 1.54) is 9.80 Å². The van der Waals surface area contributed by atoms with Crippen molar-refractivity contribution in [2.45, 2.75) is 36.9 Å². The van der Waals surface area contributed by atoms with Gasteiger partial charge >= 0.3 is 0 Å². The Kier molecular flexibility index (Phi) is 6.34. The molecule has 9 heteroatoms. The molecule has 2 fully saturated rings. The van der Waals surface area contributed by atoms with E-state index in [9.17, 15) is 14.4 Å². The summed E-state index contributed by atoms with van der Waals surface area (Å²) in [7, 11) is 0. The number of ether oxygens (including phenoxy) is 2. The van der Waals surface area contributed by atoms with Crippen LogP contribution in [0.3, 0.4) is 0 Å². The molecule has 5 rings (SSSR count). The number of hydrogen-bond acceptors (Lipinski definition) is 7. The van der Waals surface area contributed by atoms with Crippen LogP contribution in [0.25, 0.3) is 0 Å². The number of fused-ring (bicyclic) bond motifs is 1. The highest BCUT2D eigenvalue weighted by molar-refractivity contribution is 7.97. The van der Waals surface area contributed by atoms with Gasteiger partial charge in [-0.3, -0.25) is 19.7 Å². The van der Waals surface area contributed by atoms with Crippen LogP contribution in [-0.4, -0.2) is 59.3 Å². The van der Waals surface area contributed by atoms with Crippen molar-refractivity contribution in [3.05, 3.63) is 59.2 Å². The molecule has 2 saturated heterocycles. The van der Waals surface area contributed by atoms with E-state index in [-0.39, 0.29) is 18.2 Å². The molecule has 2 aromatic carbocycles. The van der Waals surface area contributed by atoms with E-state index in [0.717, 1.165) is 37.4 Å². The molecule has 0 aromatic heterocycles. The minimum atomic E-state index is -0.632. The first-order valence-corrected chi connectivity index (χ1v) is 11.8. The number of rotatable bonds is 6. The van der Waals surface area contributed by atoms with E-state index in [2.05, 4.69) is 21.8 Å². The summed E-state index contributed by atoms with van der Waals surface area (Å²) >= 11 is 1.73. The number of piperidine rings is 1. The number of nitrogens with one attached hydrogen (secondary N) is 1. The lowest BCUT2D eigenvalue weighted by Gasteiger charge is -2.29. The SMILES string of the molecule is O=C1CCC(N2Cc3c(OCc4ccc(SN5CCOCC5)cc4)cccc3C2=O)C(=O)N1. The molecule has 33 heavy (non-hydrogen) atoms. The molecular formula is C24H25N3O5S. The highest BCUT2D eigenvalue weighted by atomic mass is 32.2. The molecule has 1 unspecified atom stereocenters. The molecule has 0 radical (unpaired) electrons. The molecule has 8 nitrogen and oxygen atoms in total. The van der Waals surface area contributed by atoms with Crippen LogP contribution in [0, 0.1) is 0 Å². The van der Waals surface area contributed by atoms with Crippen LogP contribution in [0.4, 0.5) is 0 Å². The third kappa shape index (κ3) is 4.75. The Balaban J connectivity index is 1.23. The molecule has 1 atom stereocenters. The van der Waals surface area contributed by atoms with Gasteiger partial charge in [0.25, 0.3) is 5.91 Å². The maximum atomic E-state index is 12.9. The molecule has 3 aliphatic rings. The highest BCUT2D eigenvalue weighted by Crippen LogP contribution is 2.34. The summed E-state index contributed by atoms with van der Waals surface area (Å²) in [6.45, 7) is 4.05. The summed E-state index contributed by atoms with van der Waals surface area (Å²) in [6.07, 6.45) is 0.578. The molecule has 0 bridgehead atoms. The molecule has 0 aliphatic carbocycles. The number of morpholine rings is 1. The van der Waals surface area contributed by atoms with Crippen LogP contribution in [0.1, 0.15) is 34.3 Å². The molecule has 0 spiro atoms. The van der Waals surface area contributed by atoms with Crippen LogP contribution >= 0.6 is 11.9 Å². The minimum absolute atomic E-state index is 0.200. The average Bonchev–Trinajstić information content (AvgIpc) is 3.16. The van der Waals surface area contributed by atoms with Gasteiger partial charge in [0, 0.05) is 35.5 Å². The van der Waals surface area contributed by atoms with Crippen molar-refractivity contribution in [2.75, 3.05) is 26.3 Å². The maximum absolute atomic E-state index is 12.9. The van der Waals surface area contributed by atoms with Crippen LogP contribution in [0.2, 0.25) is 0 Å². The van der Waals surface area contributed by atoms with Gasteiger partial charge in [0.2, 0.25) is 11.8 Å². The minimum Gasteiger partial charge on any atom is -0.489 e. The standard InChI is InChI=1S/C24H25N3O5S/c28-22-9-8-20(23(29)25-22)27-14-19-18(24(27)30)2-1-3-21(19)32-15-16-4-6-17(7-5-16)33-26-10-12-31-13-11-26/h1-7,20H,8-15H2,(H,25,28,29). The van der Waals surface area contributed by atoms with E-state index in [4.69, 9.17) is 9.47 Å². The molecular weight excluding hydrogens is 442 g/mol. The highest BCUT2D eigenvalue weighted by Gasteiger charge is 2.40. The average molecular weight is 468 g/mol. The number of carbonyl (C=O) groups is 3. The number of carbonyl (C=O) groups excluding carboxylic acids is 3. The van der Waals surface area contributed by atoms with Crippen molar-refractivity contribution in [3.63, 3.8) is 0 Å². The fourth-order valence-electron chi connectivity index (χ4n) is 4.29. The first kappa shape index (κ1) is 21.9. The van der Waals surface area contributed by atoms with Crippen molar-refractivity contribution in [1.82, 2.24) is 14.5 Å². The second-order valence-electron chi connectivity index (χ2n) is 8.25. The largest absolute Gasteiger partial charge is 0.489 e. The Hall–Kier alpha value is -2.88. The second-order valence-corrected chi connectivity index (χ2v) is 9.42. The summed E-state index contributed by atoms with van der Waals surface area (Å²) in [5, 5.41) is 2.33. The van der Waals surface area contributed by atoms with Crippen molar-refractivity contribution >= 4 is 29.7 Å². The van der Waals surface area contributed by atoms with Gasteiger partial charge in [-0.1, -0.05) is 18.2 Å².